The van der Waals surface area contributed by atoms with Crippen molar-refractivity contribution in [2.45, 2.75) is 25.3 Å². The predicted molar refractivity (Wildman–Crippen MR) is 85.7 cm³/mol. The van der Waals surface area contributed by atoms with E-state index in [2.05, 4.69) is 10.3 Å². The predicted octanol–water partition coefficient (Wildman–Crippen LogP) is 2.35. The zero-order valence-electron chi connectivity index (χ0n) is 10.6. The molecule has 0 amide bonds. The quantitative estimate of drug-likeness (QED) is 0.473. The number of benzene rings is 1. The normalized spacial score (nSPS) is 18.2. The molecule has 0 spiro atoms. The molecular formula is C13H18IN3O2. The minimum Gasteiger partial charge on any atom is -0.490 e. The molecule has 5 nitrogen and oxygen atoms in total. The molecule has 0 aromatic heterocycles. The van der Waals surface area contributed by atoms with Gasteiger partial charge in [0.1, 0.15) is 0 Å². The van der Waals surface area contributed by atoms with E-state index in [9.17, 15) is 0 Å². The summed E-state index contributed by atoms with van der Waals surface area (Å²) in [7, 11) is 0. The van der Waals surface area contributed by atoms with Gasteiger partial charge in [0, 0.05) is 18.2 Å². The van der Waals surface area contributed by atoms with E-state index in [-0.39, 0.29) is 24.0 Å². The third-order valence-electron chi connectivity index (χ3n) is 2.89. The molecule has 1 aliphatic carbocycles. The number of hydrogen-bond acceptors (Lipinski definition) is 3. The van der Waals surface area contributed by atoms with Crippen LogP contribution >= 0.6 is 24.0 Å². The van der Waals surface area contributed by atoms with Crippen molar-refractivity contribution < 1.29 is 9.47 Å². The van der Waals surface area contributed by atoms with Crippen LogP contribution < -0.4 is 20.5 Å². The zero-order chi connectivity index (χ0) is 12.4. The Morgan fingerprint density at radius 2 is 1.95 bits per heavy atom. The van der Waals surface area contributed by atoms with Gasteiger partial charge in [-0.15, -0.1) is 24.0 Å². The summed E-state index contributed by atoms with van der Waals surface area (Å²) in [4.78, 5) is 4.33. The highest BCUT2D eigenvalue weighted by atomic mass is 127. The fraction of sp³-hybridized carbons (Fsp3) is 0.462. The monoisotopic (exact) mass is 375 g/mol. The van der Waals surface area contributed by atoms with Crippen LogP contribution in [0.25, 0.3) is 0 Å². The molecule has 2 aliphatic rings. The Kier molecular flexibility index (Phi) is 4.73. The summed E-state index contributed by atoms with van der Waals surface area (Å²) >= 11 is 0. The number of rotatable bonds is 2. The number of aliphatic imine (C=N–C) groups is 1. The minimum absolute atomic E-state index is 0. The number of halogens is 1. The van der Waals surface area contributed by atoms with Crippen molar-refractivity contribution in [3.8, 4) is 11.5 Å². The first-order chi connectivity index (χ1) is 8.81. The Morgan fingerprint density at radius 3 is 2.68 bits per heavy atom. The second-order valence-corrected chi connectivity index (χ2v) is 4.58. The minimum atomic E-state index is 0. The molecule has 6 heteroatoms. The number of nitrogens with one attached hydrogen (secondary N) is 1. The third kappa shape index (κ3) is 3.89. The average Bonchev–Trinajstić information content (AvgIpc) is 3.15. The largest absolute Gasteiger partial charge is 0.490 e. The molecular weight excluding hydrogens is 357 g/mol. The summed E-state index contributed by atoms with van der Waals surface area (Å²) in [6.07, 6.45) is 3.19. The summed E-state index contributed by atoms with van der Waals surface area (Å²) in [5.41, 5.74) is 6.70. The second-order valence-electron chi connectivity index (χ2n) is 4.58. The fourth-order valence-corrected chi connectivity index (χ4v) is 1.82. The van der Waals surface area contributed by atoms with E-state index in [0.717, 1.165) is 36.4 Å². The van der Waals surface area contributed by atoms with Gasteiger partial charge in [-0.25, -0.2) is 4.99 Å². The van der Waals surface area contributed by atoms with Crippen LogP contribution in [0.15, 0.2) is 23.2 Å². The molecule has 1 saturated carbocycles. The molecule has 0 atom stereocenters. The maximum Gasteiger partial charge on any atom is 0.193 e. The average molecular weight is 375 g/mol. The smallest absolute Gasteiger partial charge is 0.193 e. The molecule has 0 saturated heterocycles. The van der Waals surface area contributed by atoms with Crippen molar-refractivity contribution in [1.29, 1.82) is 0 Å². The summed E-state index contributed by atoms with van der Waals surface area (Å²) < 4.78 is 11.2. The molecule has 1 aromatic carbocycles. The highest BCUT2D eigenvalue weighted by molar-refractivity contribution is 14.0. The van der Waals surface area contributed by atoms with Crippen LogP contribution in [0.2, 0.25) is 0 Å². The van der Waals surface area contributed by atoms with Gasteiger partial charge in [0.2, 0.25) is 0 Å². The Labute approximate surface area is 129 Å². The van der Waals surface area contributed by atoms with Gasteiger partial charge in [0.15, 0.2) is 17.5 Å². The maximum absolute atomic E-state index is 5.82. The zero-order valence-corrected chi connectivity index (χ0v) is 12.9. The summed E-state index contributed by atoms with van der Waals surface area (Å²) in [6.45, 7) is 1.38. The van der Waals surface area contributed by atoms with Gasteiger partial charge in [-0.1, -0.05) is 0 Å². The number of guanidine groups is 1. The van der Waals surface area contributed by atoms with Crippen LogP contribution in [0.3, 0.4) is 0 Å². The van der Waals surface area contributed by atoms with E-state index < -0.39 is 0 Å². The van der Waals surface area contributed by atoms with Crippen molar-refractivity contribution in [1.82, 2.24) is 0 Å². The molecule has 1 aliphatic heterocycles. The number of hydrogen-bond donors (Lipinski definition) is 2. The van der Waals surface area contributed by atoms with E-state index in [4.69, 9.17) is 15.2 Å². The number of nitrogens with two attached hydrogens (primary N) is 1. The van der Waals surface area contributed by atoms with Crippen LogP contribution in [0, 0.1) is 0 Å². The summed E-state index contributed by atoms with van der Waals surface area (Å²) in [6, 6.07) is 6.13. The Hall–Kier alpha value is -1.18. The molecule has 104 valence electrons. The van der Waals surface area contributed by atoms with Crippen molar-refractivity contribution in [2.75, 3.05) is 18.5 Å². The van der Waals surface area contributed by atoms with Crippen LogP contribution in [0.4, 0.5) is 5.69 Å². The molecule has 1 aromatic rings. The van der Waals surface area contributed by atoms with Gasteiger partial charge in [-0.2, -0.15) is 0 Å². The summed E-state index contributed by atoms with van der Waals surface area (Å²) in [5.74, 6) is 2.01. The molecule has 0 radical (unpaired) electrons. The van der Waals surface area contributed by atoms with Crippen LogP contribution in [0.1, 0.15) is 19.3 Å². The SMILES string of the molecule is I.NC(=NC1CC1)Nc1ccc2c(c1)OCCCO2. The number of fused-ring (bicyclic) bond motifs is 1. The van der Waals surface area contributed by atoms with Crippen molar-refractivity contribution >= 4 is 35.6 Å². The second kappa shape index (κ2) is 6.31. The molecule has 3 N–H and O–H groups in total. The molecule has 3 rings (SSSR count). The topological polar surface area (TPSA) is 68.9 Å². The van der Waals surface area contributed by atoms with Crippen LogP contribution in [0.5, 0.6) is 11.5 Å². The first kappa shape index (κ1) is 14.2. The highest BCUT2D eigenvalue weighted by Crippen LogP contribution is 2.32. The lowest BCUT2D eigenvalue weighted by Crippen LogP contribution is -2.23. The van der Waals surface area contributed by atoms with Crippen molar-refractivity contribution in [2.24, 2.45) is 10.7 Å². The summed E-state index contributed by atoms with van der Waals surface area (Å²) in [5, 5.41) is 3.08. The highest BCUT2D eigenvalue weighted by Gasteiger charge is 2.20. The molecule has 1 heterocycles. The molecule has 19 heavy (non-hydrogen) atoms. The maximum atomic E-state index is 5.82. The van der Waals surface area contributed by atoms with Gasteiger partial charge < -0.3 is 20.5 Å². The van der Waals surface area contributed by atoms with Gasteiger partial charge in [0.05, 0.1) is 19.3 Å². The molecule has 0 bridgehead atoms. The van der Waals surface area contributed by atoms with Gasteiger partial charge in [-0.05, 0) is 25.0 Å². The lowest BCUT2D eigenvalue weighted by Gasteiger charge is -2.10. The number of nitrogens with zero attached hydrogens (tertiary/aromatic N) is 1. The lowest BCUT2D eigenvalue weighted by atomic mass is 10.3. The van der Waals surface area contributed by atoms with E-state index in [1.807, 2.05) is 18.2 Å². The number of ether oxygens (including phenoxy) is 2. The third-order valence-corrected chi connectivity index (χ3v) is 2.89. The Balaban J connectivity index is 0.00000133. The molecule has 0 unspecified atom stereocenters. The van der Waals surface area contributed by atoms with Gasteiger partial charge in [0.25, 0.3) is 0 Å². The number of anilines is 1. The Morgan fingerprint density at radius 1 is 1.21 bits per heavy atom. The standard InChI is InChI=1S/C13H17N3O2.HI/c14-13(15-9-2-3-9)16-10-4-5-11-12(8-10)18-7-1-6-17-11;/h4-5,8-9H,1-3,6-7H2,(H3,14,15,16);1H. The van der Waals surface area contributed by atoms with Crippen LogP contribution in [-0.2, 0) is 0 Å². The molecule has 1 fully saturated rings. The first-order valence-electron chi connectivity index (χ1n) is 6.31. The van der Waals surface area contributed by atoms with Crippen LogP contribution in [-0.4, -0.2) is 25.2 Å². The van der Waals surface area contributed by atoms with E-state index in [0.29, 0.717) is 25.2 Å². The van der Waals surface area contributed by atoms with Crippen molar-refractivity contribution in [3.05, 3.63) is 18.2 Å². The Bertz CT molecular complexity index is 475. The van der Waals surface area contributed by atoms with Crippen molar-refractivity contribution in [3.63, 3.8) is 0 Å². The van der Waals surface area contributed by atoms with Gasteiger partial charge in [-0.3, -0.25) is 0 Å². The first-order valence-corrected chi connectivity index (χ1v) is 6.31. The van der Waals surface area contributed by atoms with E-state index in [1.165, 1.54) is 0 Å². The van der Waals surface area contributed by atoms with E-state index in [1.54, 1.807) is 0 Å². The van der Waals surface area contributed by atoms with E-state index >= 15 is 0 Å². The fourth-order valence-electron chi connectivity index (χ4n) is 1.82. The van der Waals surface area contributed by atoms with Gasteiger partial charge >= 0.3 is 0 Å². The lowest BCUT2D eigenvalue weighted by molar-refractivity contribution is 0.297.